The molecule has 4 heteroatoms. The van der Waals surface area contributed by atoms with E-state index in [2.05, 4.69) is 0 Å². The summed E-state index contributed by atoms with van der Waals surface area (Å²) in [5.74, 6) is -0.589. The Kier molecular flexibility index (Phi) is 1.70. The number of rotatable bonds is 0. The molecule has 2 aliphatic rings. The molecular formula is C8H15NO3. The second-order valence-electron chi connectivity index (χ2n) is 4.03. The first-order valence-electron chi connectivity index (χ1n) is 4.29. The summed E-state index contributed by atoms with van der Waals surface area (Å²) in [5, 5.41) is 9.52. The summed E-state index contributed by atoms with van der Waals surface area (Å²) in [5.41, 5.74) is 5.77. The van der Waals surface area contributed by atoms with Crippen LogP contribution in [0.2, 0.25) is 0 Å². The molecule has 2 fully saturated rings. The van der Waals surface area contributed by atoms with Gasteiger partial charge in [0.05, 0.1) is 6.10 Å². The van der Waals surface area contributed by atoms with Gasteiger partial charge in [-0.3, -0.25) is 0 Å². The fourth-order valence-electron chi connectivity index (χ4n) is 1.99. The SMILES string of the molecule is CC1(C)O[C@H]2[C@H](O1)[C@H](O)C[C@H]2N. The fourth-order valence-corrected chi connectivity index (χ4v) is 1.99. The Morgan fingerprint density at radius 1 is 1.33 bits per heavy atom. The minimum Gasteiger partial charge on any atom is -0.390 e. The zero-order valence-corrected chi connectivity index (χ0v) is 7.36. The van der Waals surface area contributed by atoms with Crippen molar-refractivity contribution in [1.82, 2.24) is 0 Å². The second-order valence-corrected chi connectivity index (χ2v) is 4.03. The van der Waals surface area contributed by atoms with Crippen molar-refractivity contribution in [2.24, 2.45) is 5.73 Å². The highest BCUT2D eigenvalue weighted by molar-refractivity contribution is 5.00. The van der Waals surface area contributed by atoms with Crippen LogP contribution in [0.3, 0.4) is 0 Å². The Balaban J connectivity index is 2.15. The lowest BCUT2D eigenvalue weighted by Crippen LogP contribution is -2.35. The van der Waals surface area contributed by atoms with Crippen LogP contribution in [-0.4, -0.2) is 35.2 Å². The van der Waals surface area contributed by atoms with E-state index in [9.17, 15) is 5.11 Å². The van der Waals surface area contributed by atoms with Gasteiger partial charge in [0.2, 0.25) is 0 Å². The Hall–Kier alpha value is -0.160. The summed E-state index contributed by atoms with van der Waals surface area (Å²) in [6.07, 6.45) is -0.248. The Bertz CT molecular complexity index is 177. The van der Waals surface area contributed by atoms with Gasteiger partial charge in [0.1, 0.15) is 12.2 Å². The first-order chi connectivity index (χ1) is 5.49. The van der Waals surface area contributed by atoms with Crippen molar-refractivity contribution in [3.8, 4) is 0 Å². The van der Waals surface area contributed by atoms with Crippen LogP contribution >= 0.6 is 0 Å². The minimum absolute atomic E-state index is 0.0909. The van der Waals surface area contributed by atoms with Gasteiger partial charge in [-0.15, -0.1) is 0 Å². The van der Waals surface area contributed by atoms with Gasteiger partial charge in [-0.2, -0.15) is 0 Å². The molecule has 0 spiro atoms. The third kappa shape index (κ3) is 1.15. The van der Waals surface area contributed by atoms with E-state index >= 15 is 0 Å². The maximum absolute atomic E-state index is 9.52. The largest absolute Gasteiger partial charge is 0.390 e. The van der Waals surface area contributed by atoms with Gasteiger partial charge in [0.15, 0.2) is 5.79 Å². The van der Waals surface area contributed by atoms with Crippen molar-refractivity contribution in [3.63, 3.8) is 0 Å². The van der Waals surface area contributed by atoms with Crippen molar-refractivity contribution in [2.75, 3.05) is 0 Å². The van der Waals surface area contributed by atoms with E-state index in [1.165, 1.54) is 0 Å². The molecule has 70 valence electrons. The Labute approximate surface area is 71.6 Å². The maximum atomic E-state index is 9.52. The molecule has 0 radical (unpaired) electrons. The molecule has 0 bridgehead atoms. The quantitative estimate of drug-likeness (QED) is 0.523. The van der Waals surface area contributed by atoms with Crippen LogP contribution in [0.5, 0.6) is 0 Å². The van der Waals surface area contributed by atoms with E-state index in [-0.39, 0.29) is 18.2 Å². The molecule has 1 aliphatic heterocycles. The van der Waals surface area contributed by atoms with Gasteiger partial charge >= 0.3 is 0 Å². The van der Waals surface area contributed by atoms with Gasteiger partial charge in [-0.1, -0.05) is 0 Å². The monoisotopic (exact) mass is 173 g/mol. The number of ether oxygens (including phenoxy) is 2. The van der Waals surface area contributed by atoms with E-state index in [4.69, 9.17) is 15.2 Å². The summed E-state index contributed by atoms with van der Waals surface area (Å²) in [6, 6.07) is -0.0909. The smallest absolute Gasteiger partial charge is 0.163 e. The first-order valence-corrected chi connectivity index (χ1v) is 4.29. The highest BCUT2D eigenvalue weighted by Crippen LogP contribution is 2.37. The number of nitrogens with two attached hydrogens (primary N) is 1. The molecule has 0 aromatic carbocycles. The van der Waals surface area contributed by atoms with Gasteiger partial charge < -0.3 is 20.3 Å². The third-order valence-corrected chi connectivity index (χ3v) is 2.48. The molecular weight excluding hydrogens is 158 g/mol. The number of hydrogen-bond acceptors (Lipinski definition) is 4. The predicted molar refractivity (Wildman–Crippen MR) is 42.4 cm³/mol. The highest BCUT2D eigenvalue weighted by Gasteiger charge is 2.52. The van der Waals surface area contributed by atoms with Crippen LogP contribution in [0.1, 0.15) is 20.3 Å². The summed E-state index contributed by atoms with van der Waals surface area (Å²) in [6.45, 7) is 3.68. The number of aliphatic hydroxyl groups excluding tert-OH is 1. The zero-order valence-electron chi connectivity index (χ0n) is 7.36. The van der Waals surface area contributed by atoms with Crippen molar-refractivity contribution < 1.29 is 14.6 Å². The normalized spacial score (nSPS) is 51.0. The van der Waals surface area contributed by atoms with Crippen LogP contribution in [-0.2, 0) is 9.47 Å². The van der Waals surface area contributed by atoms with Gasteiger partial charge in [0.25, 0.3) is 0 Å². The molecule has 0 aromatic heterocycles. The molecule has 0 amide bonds. The molecule has 2 rings (SSSR count). The summed E-state index contributed by atoms with van der Waals surface area (Å²) >= 11 is 0. The lowest BCUT2D eigenvalue weighted by Gasteiger charge is -2.20. The standard InChI is InChI=1S/C8H15NO3/c1-8(2)11-6-4(9)3-5(10)7(6)12-8/h4-7,10H,3,9H2,1-2H3/t4-,5-,6-,7-/m1/s1. The van der Waals surface area contributed by atoms with E-state index in [1.54, 1.807) is 0 Å². The van der Waals surface area contributed by atoms with Crippen LogP contribution in [0, 0.1) is 0 Å². The summed E-state index contributed by atoms with van der Waals surface area (Å²) in [4.78, 5) is 0. The van der Waals surface area contributed by atoms with Gasteiger partial charge in [-0.25, -0.2) is 0 Å². The maximum Gasteiger partial charge on any atom is 0.163 e. The first kappa shape index (κ1) is 8.44. The van der Waals surface area contributed by atoms with E-state index < -0.39 is 11.9 Å². The number of hydrogen-bond donors (Lipinski definition) is 2. The van der Waals surface area contributed by atoms with Crippen molar-refractivity contribution in [1.29, 1.82) is 0 Å². The molecule has 4 atom stereocenters. The minimum atomic E-state index is -0.589. The van der Waals surface area contributed by atoms with Crippen LogP contribution < -0.4 is 5.73 Å². The zero-order chi connectivity index (χ0) is 8.93. The lowest BCUT2D eigenvalue weighted by atomic mass is 10.2. The van der Waals surface area contributed by atoms with E-state index in [0.717, 1.165) is 0 Å². The molecule has 0 unspecified atom stereocenters. The van der Waals surface area contributed by atoms with Crippen LogP contribution in [0.15, 0.2) is 0 Å². The Morgan fingerprint density at radius 2 is 1.92 bits per heavy atom. The summed E-state index contributed by atoms with van der Waals surface area (Å²) in [7, 11) is 0. The third-order valence-electron chi connectivity index (χ3n) is 2.48. The number of fused-ring (bicyclic) bond motifs is 1. The van der Waals surface area contributed by atoms with Crippen molar-refractivity contribution in [3.05, 3.63) is 0 Å². The molecule has 1 saturated carbocycles. The fraction of sp³-hybridized carbons (Fsp3) is 1.00. The van der Waals surface area contributed by atoms with Crippen molar-refractivity contribution in [2.45, 2.75) is 50.4 Å². The van der Waals surface area contributed by atoms with Gasteiger partial charge in [-0.05, 0) is 20.3 Å². The van der Waals surface area contributed by atoms with Gasteiger partial charge in [0, 0.05) is 6.04 Å². The second kappa shape index (κ2) is 2.42. The molecule has 0 aromatic rings. The molecule has 12 heavy (non-hydrogen) atoms. The molecule has 4 nitrogen and oxygen atoms in total. The summed E-state index contributed by atoms with van der Waals surface area (Å²) < 4.78 is 11.1. The molecule has 1 saturated heterocycles. The van der Waals surface area contributed by atoms with Crippen LogP contribution in [0.25, 0.3) is 0 Å². The highest BCUT2D eigenvalue weighted by atomic mass is 16.8. The average molecular weight is 173 g/mol. The van der Waals surface area contributed by atoms with E-state index in [0.29, 0.717) is 6.42 Å². The lowest BCUT2D eigenvalue weighted by molar-refractivity contribution is -0.163. The average Bonchev–Trinajstić information content (AvgIpc) is 2.34. The molecule has 3 N–H and O–H groups in total. The van der Waals surface area contributed by atoms with Crippen LogP contribution in [0.4, 0.5) is 0 Å². The molecule has 1 heterocycles. The molecule has 1 aliphatic carbocycles. The predicted octanol–water partition coefficient (Wildman–Crippen LogP) is -0.402. The Morgan fingerprint density at radius 3 is 2.50 bits per heavy atom. The van der Waals surface area contributed by atoms with E-state index in [1.807, 2.05) is 13.8 Å². The topological polar surface area (TPSA) is 64.7 Å². The van der Waals surface area contributed by atoms with Crippen molar-refractivity contribution >= 4 is 0 Å². The number of aliphatic hydroxyl groups is 1.